The number of hydrogen-bond acceptors (Lipinski definition) is 6. The normalized spacial score (nSPS) is 19.8. The monoisotopic (exact) mass is 596 g/mol. The fourth-order valence-electron chi connectivity index (χ4n) is 5.88. The number of benzene rings is 1. The molecular formula is C31H32F4N6O2. The van der Waals surface area contributed by atoms with Gasteiger partial charge in [0.2, 0.25) is 0 Å². The van der Waals surface area contributed by atoms with Gasteiger partial charge in [0.05, 0.1) is 42.1 Å². The Hall–Kier alpha value is -4.22. The Morgan fingerprint density at radius 1 is 1.02 bits per heavy atom. The summed E-state index contributed by atoms with van der Waals surface area (Å²) in [7, 11) is 0. The molecule has 2 aliphatic rings. The lowest BCUT2D eigenvalue weighted by Gasteiger charge is -2.33. The van der Waals surface area contributed by atoms with E-state index in [9.17, 15) is 18.0 Å². The van der Waals surface area contributed by atoms with Crippen molar-refractivity contribution in [3.63, 3.8) is 0 Å². The number of amides is 1. The van der Waals surface area contributed by atoms with Crippen LogP contribution in [0.3, 0.4) is 0 Å². The number of hydrogen-bond donors (Lipinski definition) is 0. The number of rotatable bonds is 4. The van der Waals surface area contributed by atoms with E-state index < -0.39 is 35.3 Å². The molecule has 2 saturated heterocycles. The molecule has 0 spiro atoms. The average Bonchev–Trinajstić information content (AvgIpc) is 3.60. The minimum atomic E-state index is -1.28. The number of ether oxygens (including phenoxy) is 1. The molecule has 226 valence electrons. The van der Waals surface area contributed by atoms with E-state index in [1.165, 1.54) is 0 Å². The maximum absolute atomic E-state index is 15.4. The predicted octanol–water partition coefficient (Wildman–Crippen LogP) is 6.77. The number of carbonyl (C=O) groups excluding carboxylic acids is 1. The average molecular weight is 597 g/mol. The number of likely N-dealkylation sites (tertiary alicyclic amines) is 1. The fraction of sp³-hybridized carbons (Fsp3) is 0.419. The largest absolute Gasteiger partial charge is 0.444 e. The van der Waals surface area contributed by atoms with Crippen LogP contribution in [-0.2, 0) is 4.74 Å². The summed E-state index contributed by atoms with van der Waals surface area (Å²) in [5.41, 5.74) is 0.810. The molecule has 0 saturated carbocycles. The molecule has 2 atom stereocenters. The first-order valence-corrected chi connectivity index (χ1v) is 14.3. The Balaban J connectivity index is 1.28. The van der Waals surface area contributed by atoms with E-state index in [0.29, 0.717) is 42.8 Å². The molecule has 1 aromatic carbocycles. The SMILES string of the molecule is CC(C)(C)OC(=O)N1CCC(n2cc(-c3c(F)cnc4ccc(N5C[C@@H](F)C[C@@H]5c5cc(F)ccc5F)nc34)cn2)CC1. The standard InChI is InChI=1S/C31H32F4N6O2/c1-31(2,3)43-30(42)39-10-8-21(9-11-39)41-16-18(14-37-41)28-24(35)15-36-25-6-7-27(38-29(25)28)40-17-20(33)13-26(40)22-12-19(32)4-5-23(22)34/h4-7,12,14-16,20-21,26H,8-11,13,17H2,1-3H3/t20-,26+/m0/s1. The molecular weight excluding hydrogens is 564 g/mol. The zero-order valence-corrected chi connectivity index (χ0v) is 24.1. The highest BCUT2D eigenvalue weighted by molar-refractivity contribution is 5.92. The van der Waals surface area contributed by atoms with Crippen LogP contribution in [-0.4, -0.2) is 62.1 Å². The number of carbonyl (C=O) groups is 1. The number of fused-ring (bicyclic) bond motifs is 1. The summed E-state index contributed by atoms with van der Waals surface area (Å²) in [6.45, 7) is 6.42. The van der Waals surface area contributed by atoms with Crippen molar-refractivity contribution in [2.45, 2.75) is 63.9 Å². The number of nitrogens with zero attached hydrogens (tertiary/aromatic N) is 6. The van der Waals surface area contributed by atoms with Crippen molar-refractivity contribution < 1.29 is 27.1 Å². The molecule has 2 fully saturated rings. The lowest BCUT2D eigenvalue weighted by atomic mass is 10.0. The number of anilines is 1. The second-order valence-electron chi connectivity index (χ2n) is 12.1. The van der Waals surface area contributed by atoms with Crippen LogP contribution < -0.4 is 4.90 Å². The van der Waals surface area contributed by atoms with Gasteiger partial charge in [0, 0.05) is 36.8 Å². The zero-order chi connectivity index (χ0) is 30.5. The third-order valence-corrected chi connectivity index (χ3v) is 7.89. The van der Waals surface area contributed by atoms with Crippen molar-refractivity contribution >= 4 is 22.9 Å². The van der Waals surface area contributed by atoms with Gasteiger partial charge in [0.1, 0.15) is 34.7 Å². The molecule has 2 aliphatic heterocycles. The van der Waals surface area contributed by atoms with Gasteiger partial charge < -0.3 is 14.5 Å². The van der Waals surface area contributed by atoms with Gasteiger partial charge in [0.25, 0.3) is 0 Å². The molecule has 0 N–H and O–H groups in total. The van der Waals surface area contributed by atoms with Crippen LogP contribution in [0.15, 0.2) is 48.9 Å². The zero-order valence-electron chi connectivity index (χ0n) is 24.1. The Morgan fingerprint density at radius 2 is 1.79 bits per heavy atom. The highest BCUT2D eigenvalue weighted by atomic mass is 19.1. The van der Waals surface area contributed by atoms with Crippen molar-refractivity contribution in [1.82, 2.24) is 24.6 Å². The van der Waals surface area contributed by atoms with Gasteiger partial charge in [-0.3, -0.25) is 9.67 Å². The van der Waals surface area contributed by atoms with Crippen molar-refractivity contribution in [3.8, 4) is 11.1 Å². The molecule has 5 heterocycles. The molecule has 3 aromatic heterocycles. The Bertz CT molecular complexity index is 1660. The van der Waals surface area contributed by atoms with Crippen molar-refractivity contribution in [1.29, 1.82) is 0 Å². The molecule has 8 nitrogen and oxygen atoms in total. The molecule has 12 heteroatoms. The Morgan fingerprint density at radius 3 is 2.53 bits per heavy atom. The number of aromatic nitrogens is 4. The number of piperidine rings is 1. The third-order valence-electron chi connectivity index (χ3n) is 7.89. The van der Waals surface area contributed by atoms with Crippen LogP contribution in [0.25, 0.3) is 22.2 Å². The molecule has 1 amide bonds. The number of alkyl halides is 1. The van der Waals surface area contributed by atoms with Crippen LogP contribution >= 0.6 is 0 Å². The molecule has 0 aliphatic carbocycles. The summed E-state index contributed by atoms with van der Waals surface area (Å²) in [5.74, 6) is -1.55. The van der Waals surface area contributed by atoms with E-state index in [2.05, 4.69) is 15.1 Å². The highest BCUT2D eigenvalue weighted by Gasteiger charge is 2.36. The predicted molar refractivity (Wildman–Crippen MR) is 153 cm³/mol. The van der Waals surface area contributed by atoms with E-state index in [1.54, 1.807) is 39.0 Å². The van der Waals surface area contributed by atoms with Crippen LogP contribution in [0.1, 0.15) is 57.7 Å². The van der Waals surface area contributed by atoms with Gasteiger partial charge >= 0.3 is 6.09 Å². The summed E-state index contributed by atoms with van der Waals surface area (Å²) >= 11 is 0. The van der Waals surface area contributed by atoms with Gasteiger partial charge in [-0.25, -0.2) is 27.3 Å². The quantitative estimate of drug-likeness (QED) is 0.242. The van der Waals surface area contributed by atoms with E-state index in [-0.39, 0.29) is 41.7 Å². The first-order valence-electron chi connectivity index (χ1n) is 14.3. The maximum Gasteiger partial charge on any atom is 0.410 e. The van der Waals surface area contributed by atoms with E-state index >= 15 is 4.39 Å². The first-order chi connectivity index (χ1) is 20.5. The lowest BCUT2D eigenvalue weighted by molar-refractivity contribution is 0.0184. The van der Waals surface area contributed by atoms with E-state index in [4.69, 9.17) is 4.74 Å². The molecule has 0 bridgehead atoms. The number of pyridine rings is 2. The summed E-state index contributed by atoms with van der Waals surface area (Å²) in [6.07, 6.45) is 4.07. The molecule has 0 radical (unpaired) electrons. The first kappa shape index (κ1) is 28.9. The highest BCUT2D eigenvalue weighted by Crippen LogP contribution is 2.39. The van der Waals surface area contributed by atoms with Crippen LogP contribution in [0, 0.1) is 17.5 Å². The minimum absolute atomic E-state index is 0.000120. The second-order valence-corrected chi connectivity index (χ2v) is 12.1. The molecule has 0 unspecified atom stereocenters. The smallest absolute Gasteiger partial charge is 0.410 e. The molecule has 4 aromatic rings. The Labute approximate surface area is 246 Å². The van der Waals surface area contributed by atoms with Crippen LogP contribution in [0.4, 0.5) is 28.2 Å². The van der Waals surface area contributed by atoms with E-state index in [0.717, 1.165) is 24.4 Å². The van der Waals surface area contributed by atoms with Gasteiger partial charge in [-0.1, -0.05) is 0 Å². The van der Waals surface area contributed by atoms with E-state index in [1.807, 2.05) is 20.8 Å². The summed E-state index contributed by atoms with van der Waals surface area (Å²) in [6, 6.07) is 5.62. The van der Waals surface area contributed by atoms with Crippen molar-refractivity contribution in [2.24, 2.45) is 0 Å². The van der Waals surface area contributed by atoms with Crippen molar-refractivity contribution in [2.75, 3.05) is 24.5 Å². The van der Waals surface area contributed by atoms with Crippen LogP contribution in [0.2, 0.25) is 0 Å². The van der Waals surface area contributed by atoms with Crippen molar-refractivity contribution in [3.05, 3.63) is 71.9 Å². The topological polar surface area (TPSA) is 76.4 Å². The van der Waals surface area contributed by atoms with Gasteiger partial charge in [-0.05, 0) is 63.9 Å². The van der Waals surface area contributed by atoms with Gasteiger partial charge in [0.15, 0.2) is 5.82 Å². The van der Waals surface area contributed by atoms with Crippen LogP contribution in [0.5, 0.6) is 0 Å². The summed E-state index contributed by atoms with van der Waals surface area (Å²) < 4.78 is 66.0. The third kappa shape index (κ3) is 5.87. The van der Waals surface area contributed by atoms with Gasteiger partial charge in [-0.15, -0.1) is 0 Å². The summed E-state index contributed by atoms with van der Waals surface area (Å²) in [5, 5.41) is 4.50. The second kappa shape index (κ2) is 11.1. The fourth-order valence-corrected chi connectivity index (χ4v) is 5.88. The molecule has 43 heavy (non-hydrogen) atoms. The lowest BCUT2D eigenvalue weighted by Crippen LogP contribution is -2.42. The minimum Gasteiger partial charge on any atom is -0.444 e. The maximum atomic E-state index is 15.4. The summed E-state index contributed by atoms with van der Waals surface area (Å²) in [4.78, 5) is 24.6. The molecule has 6 rings (SSSR count). The number of halogens is 4. The Kier molecular flexibility index (Phi) is 7.47. The van der Waals surface area contributed by atoms with Gasteiger partial charge in [-0.2, -0.15) is 5.10 Å².